The minimum Gasteiger partial charge on any atom is -0.341 e. The van der Waals surface area contributed by atoms with Gasteiger partial charge >= 0.3 is 6.03 Å². The number of nitrogens with one attached hydrogen (secondary N) is 2. The van der Waals surface area contributed by atoms with Gasteiger partial charge in [0.05, 0.1) is 21.5 Å². The number of anilines is 1. The Balaban J connectivity index is 1.90. The molecule has 2 aromatic carbocycles. The van der Waals surface area contributed by atoms with Crippen molar-refractivity contribution in [3.8, 4) is 0 Å². The van der Waals surface area contributed by atoms with Crippen molar-refractivity contribution in [3.63, 3.8) is 0 Å². The van der Waals surface area contributed by atoms with Crippen LogP contribution in [0.3, 0.4) is 0 Å². The highest BCUT2D eigenvalue weighted by Gasteiger charge is 2.32. The van der Waals surface area contributed by atoms with E-state index < -0.39 is 11.9 Å². The van der Waals surface area contributed by atoms with Gasteiger partial charge in [0.25, 0.3) is 5.91 Å². The maximum atomic E-state index is 13.1. The SMILES string of the molecule is CNC(=O)NC(=O)CSC1=N/C(=C\c2ccc(Cl)c(Cl)c2)C(=O)N1c1ccc(C)cc1. The third kappa shape index (κ3) is 5.66. The predicted octanol–water partition coefficient (Wildman–Crippen LogP) is 4.23. The van der Waals surface area contributed by atoms with Crippen LogP contribution in [-0.4, -0.2) is 35.8 Å². The van der Waals surface area contributed by atoms with Gasteiger partial charge in [-0.3, -0.25) is 19.8 Å². The lowest BCUT2D eigenvalue weighted by atomic mass is 10.2. The van der Waals surface area contributed by atoms with Gasteiger partial charge in [0, 0.05) is 7.05 Å². The number of hydrogen-bond acceptors (Lipinski definition) is 5. The van der Waals surface area contributed by atoms with Crippen molar-refractivity contribution in [2.24, 2.45) is 4.99 Å². The maximum Gasteiger partial charge on any atom is 0.321 e. The number of imide groups is 1. The highest BCUT2D eigenvalue weighted by molar-refractivity contribution is 8.14. The van der Waals surface area contributed by atoms with Crippen molar-refractivity contribution in [2.75, 3.05) is 17.7 Å². The number of thioether (sulfide) groups is 1. The summed E-state index contributed by atoms with van der Waals surface area (Å²) >= 11 is 13.1. The van der Waals surface area contributed by atoms with Crippen molar-refractivity contribution in [1.82, 2.24) is 10.6 Å². The van der Waals surface area contributed by atoms with E-state index in [9.17, 15) is 14.4 Å². The van der Waals surface area contributed by atoms with Crippen molar-refractivity contribution < 1.29 is 14.4 Å². The van der Waals surface area contributed by atoms with E-state index in [2.05, 4.69) is 15.6 Å². The molecule has 0 radical (unpaired) electrons. The molecular formula is C21H18Cl2N4O3S. The van der Waals surface area contributed by atoms with Crippen LogP contribution < -0.4 is 15.5 Å². The van der Waals surface area contributed by atoms with Gasteiger partial charge < -0.3 is 5.32 Å². The summed E-state index contributed by atoms with van der Waals surface area (Å²) in [5, 5.41) is 5.58. The summed E-state index contributed by atoms with van der Waals surface area (Å²) in [5.41, 5.74) is 2.51. The number of urea groups is 1. The summed E-state index contributed by atoms with van der Waals surface area (Å²) in [6.07, 6.45) is 1.60. The van der Waals surface area contributed by atoms with E-state index in [-0.39, 0.29) is 17.4 Å². The third-order valence-electron chi connectivity index (χ3n) is 4.18. The minimum atomic E-state index is -0.606. The molecule has 0 spiro atoms. The number of rotatable bonds is 4. The van der Waals surface area contributed by atoms with Crippen LogP contribution in [0.15, 0.2) is 53.2 Å². The van der Waals surface area contributed by atoms with Crippen LogP contribution in [0, 0.1) is 6.92 Å². The second-order valence-electron chi connectivity index (χ2n) is 6.49. The molecule has 0 saturated heterocycles. The normalized spacial score (nSPS) is 14.6. The standard InChI is InChI=1S/C21H18Cl2N4O3S/c1-12-3-6-14(7-4-12)27-19(29)17(10-13-5-8-15(22)16(23)9-13)25-21(27)31-11-18(28)26-20(30)24-2/h3-10H,11H2,1-2H3,(H2,24,26,28,30)/b17-10-. The maximum absolute atomic E-state index is 13.1. The van der Waals surface area contributed by atoms with Crippen LogP contribution in [-0.2, 0) is 9.59 Å². The summed E-state index contributed by atoms with van der Waals surface area (Å²) in [4.78, 5) is 42.3. The van der Waals surface area contributed by atoms with Gasteiger partial charge in [0.1, 0.15) is 5.70 Å². The topological polar surface area (TPSA) is 90.9 Å². The zero-order valence-corrected chi connectivity index (χ0v) is 18.9. The molecule has 2 aromatic rings. The Bertz CT molecular complexity index is 1100. The highest BCUT2D eigenvalue weighted by atomic mass is 35.5. The molecule has 10 heteroatoms. The van der Waals surface area contributed by atoms with Gasteiger partial charge in [-0.1, -0.05) is 58.7 Å². The second kappa shape index (κ2) is 10.00. The number of benzene rings is 2. The Morgan fingerprint density at radius 2 is 1.84 bits per heavy atom. The molecule has 0 bridgehead atoms. The zero-order valence-electron chi connectivity index (χ0n) is 16.6. The molecule has 1 heterocycles. The lowest BCUT2D eigenvalue weighted by Gasteiger charge is -2.17. The summed E-state index contributed by atoms with van der Waals surface area (Å²) < 4.78 is 0. The third-order valence-corrected chi connectivity index (χ3v) is 5.86. The molecule has 31 heavy (non-hydrogen) atoms. The fraction of sp³-hybridized carbons (Fsp3) is 0.143. The first-order valence-corrected chi connectivity index (χ1v) is 10.8. The molecule has 0 atom stereocenters. The number of halogens is 2. The average molecular weight is 477 g/mol. The van der Waals surface area contributed by atoms with Crippen molar-refractivity contribution >= 4 is 69.7 Å². The van der Waals surface area contributed by atoms with Gasteiger partial charge in [0.2, 0.25) is 5.91 Å². The molecule has 0 aromatic heterocycles. The molecule has 1 aliphatic rings. The van der Waals surface area contributed by atoms with Crippen molar-refractivity contribution in [1.29, 1.82) is 0 Å². The van der Waals surface area contributed by atoms with Gasteiger partial charge in [-0.05, 0) is 42.8 Å². The van der Waals surface area contributed by atoms with E-state index in [0.717, 1.165) is 17.3 Å². The summed E-state index contributed by atoms with van der Waals surface area (Å²) in [6.45, 7) is 1.94. The van der Waals surface area contributed by atoms with E-state index >= 15 is 0 Å². The molecular weight excluding hydrogens is 459 g/mol. The molecule has 3 rings (SSSR count). The van der Waals surface area contributed by atoms with Crippen LogP contribution in [0.5, 0.6) is 0 Å². The largest absolute Gasteiger partial charge is 0.341 e. The smallest absolute Gasteiger partial charge is 0.321 e. The van der Waals surface area contributed by atoms with E-state index in [1.165, 1.54) is 11.9 Å². The highest BCUT2D eigenvalue weighted by Crippen LogP contribution is 2.30. The fourth-order valence-electron chi connectivity index (χ4n) is 2.63. The number of hydrogen-bond donors (Lipinski definition) is 2. The second-order valence-corrected chi connectivity index (χ2v) is 8.25. The monoisotopic (exact) mass is 476 g/mol. The van der Waals surface area contributed by atoms with Crippen molar-refractivity contribution in [2.45, 2.75) is 6.92 Å². The summed E-state index contributed by atoms with van der Waals surface area (Å²) in [7, 11) is 1.41. The van der Waals surface area contributed by atoms with Crippen molar-refractivity contribution in [3.05, 3.63) is 69.3 Å². The van der Waals surface area contributed by atoms with Gasteiger partial charge in [-0.2, -0.15) is 0 Å². The van der Waals surface area contributed by atoms with Gasteiger partial charge in [-0.15, -0.1) is 0 Å². The molecule has 0 fully saturated rings. The summed E-state index contributed by atoms with van der Waals surface area (Å²) in [5.74, 6) is -0.948. The first-order valence-electron chi connectivity index (χ1n) is 9.09. The Morgan fingerprint density at radius 1 is 1.13 bits per heavy atom. The molecule has 1 aliphatic heterocycles. The molecule has 0 unspecified atom stereocenters. The Morgan fingerprint density at radius 3 is 2.48 bits per heavy atom. The van der Waals surface area contributed by atoms with Crippen LogP contribution in [0.25, 0.3) is 6.08 Å². The average Bonchev–Trinajstić information content (AvgIpc) is 3.05. The lowest BCUT2D eigenvalue weighted by molar-refractivity contribution is -0.117. The zero-order chi connectivity index (χ0) is 22.5. The first-order chi connectivity index (χ1) is 14.8. The fourth-order valence-corrected chi connectivity index (χ4v) is 3.75. The Kier molecular flexibility index (Phi) is 7.37. The van der Waals surface area contributed by atoms with Gasteiger partial charge in [-0.25, -0.2) is 9.79 Å². The molecule has 7 nitrogen and oxygen atoms in total. The minimum absolute atomic E-state index is 0.0953. The van der Waals surface area contributed by atoms with E-state index in [1.54, 1.807) is 36.4 Å². The first kappa shape index (κ1) is 22.9. The molecule has 2 N–H and O–H groups in total. The van der Waals surface area contributed by atoms with E-state index in [1.807, 2.05) is 19.1 Å². The molecule has 0 aliphatic carbocycles. The summed E-state index contributed by atoms with van der Waals surface area (Å²) in [6, 6.07) is 11.8. The van der Waals surface area contributed by atoms with Gasteiger partial charge in [0.15, 0.2) is 5.17 Å². The number of aliphatic imine (C=N–C) groups is 1. The Labute approximate surface area is 193 Å². The van der Waals surface area contributed by atoms with E-state index in [4.69, 9.17) is 23.2 Å². The number of amides is 4. The van der Waals surface area contributed by atoms with Crippen LogP contribution in [0.4, 0.5) is 10.5 Å². The number of carbonyl (C=O) groups excluding carboxylic acids is 3. The van der Waals surface area contributed by atoms with E-state index in [0.29, 0.717) is 26.5 Å². The van der Waals surface area contributed by atoms with Crippen LogP contribution in [0.2, 0.25) is 10.0 Å². The Hall–Kier alpha value is -2.81. The quantitative estimate of drug-likeness (QED) is 0.645. The number of carbonyl (C=O) groups is 3. The number of aryl methyl sites for hydroxylation is 1. The molecule has 160 valence electrons. The predicted molar refractivity (Wildman–Crippen MR) is 126 cm³/mol. The van der Waals surface area contributed by atoms with Crippen LogP contribution >= 0.6 is 35.0 Å². The molecule has 0 saturated carbocycles. The lowest BCUT2D eigenvalue weighted by Crippen LogP contribution is -2.39. The number of amidine groups is 1. The number of nitrogens with zero attached hydrogens (tertiary/aromatic N) is 2. The molecule has 4 amide bonds. The van der Waals surface area contributed by atoms with Crippen LogP contribution in [0.1, 0.15) is 11.1 Å².